The summed E-state index contributed by atoms with van der Waals surface area (Å²) in [5.74, 6) is 1.05. The van der Waals surface area contributed by atoms with Crippen molar-refractivity contribution in [3.05, 3.63) is 53.4 Å². The van der Waals surface area contributed by atoms with Crippen LogP contribution >= 0.6 is 0 Å². The first kappa shape index (κ1) is 24.1. The van der Waals surface area contributed by atoms with E-state index in [0.29, 0.717) is 41.5 Å². The minimum atomic E-state index is -0.175. The summed E-state index contributed by atoms with van der Waals surface area (Å²) in [4.78, 5) is 25.7. The lowest BCUT2D eigenvalue weighted by Crippen LogP contribution is -2.43. The van der Waals surface area contributed by atoms with Gasteiger partial charge in [0.1, 0.15) is 11.5 Å². The van der Waals surface area contributed by atoms with Crippen LogP contribution in [0.15, 0.2) is 53.8 Å². The molecule has 0 atom stereocenters. The van der Waals surface area contributed by atoms with Gasteiger partial charge in [0.05, 0.1) is 23.8 Å². The first-order valence-electron chi connectivity index (χ1n) is 10.4. The fraction of sp³-hybridized carbons (Fsp3) is 0.435. The third-order valence-corrected chi connectivity index (χ3v) is 4.87. The van der Waals surface area contributed by atoms with Crippen molar-refractivity contribution in [2.24, 2.45) is 5.29 Å². The van der Waals surface area contributed by atoms with Crippen molar-refractivity contribution in [3.8, 4) is 11.5 Å². The van der Waals surface area contributed by atoms with E-state index in [2.05, 4.69) is 43.2 Å². The molecule has 0 aliphatic rings. The van der Waals surface area contributed by atoms with Crippen LogP contribution in [-0.4, -0.2) is 49.7 Å². The van der Waals surface area contributed by atoms with Gasteiger partial charge in [-0.15, -0.1) is 4.91 Å². The third kappa shape index (κ3) is 7.25. The second kappa shape index (κ2) is 11.9. The molecule has 8 nitrogen and oxygen atoms in total. The number of methoxy groups -OCH3 is 1. The highest BCUT2D eigenvalue weighted by Gasteiger charge is 2.14. The van der Waals surface area contributed by atoms with Crippen LogP contribution in [0.2, 0.25) is 0 Å². The smallest absolute Gasteiger partial charge is 0.257 e. The Bertz CT molecular complexity index is 814. The number of benzene rings is 2. The topological polar surface area (TPSA) is 83.5 Å². The Labute approximate surface area is 184 Å². The van der Waals surface area contributed by atoms with Crippen LogP contribution < -0.4 is 19.8 Å². The maximum absolute atomic E-state index is 12.1. The number of hydrogen-bond acceptors (Lipinski definition) is 6. The van der Waals surface area contributed by atoms with Crippen molar-refractivity contribution in [1.82, 2.24) is 10.2 Å². The maximum atomic E-state index is 12.1. The highest BCUT2D eigenvalue weighted by atomic mass is 16.5. The van der Waals surface area contributed by atoms with E-state index in [0.717, 1.165) is 6.54 Å². The minimum Gasteiger partial charge on any atom is -0.497 e. The summed E-state index contributed by atoms with van der Waals surface area (Å²) in [6, 6.07) is 14.7. The highest BCUT2D eigenvalue weighted by Crippen LogP contribution is 2.28. The molecule has 0 aliphatic heterocycles. The molecule has 2 aromatic rings. The Balaban J connectivity index is 1.85. The molecule has 0 bridgehead atoms. The molecule has 0 aliphatic carbocycles. The molecule has 168 valence electrons. The summed E-state index contributed by atoms with van der Waals surface area (Å²) in [6.07, 6.45) is 0. The van der Waals surface area contributed by atoms with Gasteiger partial charge in [-0.25, -0.2) is 0 Å². The predicted octanol–water partition coefficient (Wildman–Crippen LogP) is 4.13. The van der Waals surface area contributed by atoms with Gasteiger partial charge in [-0.1, -0.05) is 0 Å². The summed E-state index contributed by atoms with van der Waals surface area (Å²) in [5.41, 5.74) is 1.19. The lowest BCUT2D eigenvalue weighted by molar-refractivity contribution is -0.123. The van der Waals surface area contributed by atoms with Crippen molar-refractivity contribution in [2.45, 2.75) is 39.8 Å². The SMILES string of the molecule is COc1ccc(N(N=O)c2ccc(OCC(=O)NCCN(C(C)C)C(C)C)cc2)cc1. The van der Waals surface area contributed by atoms with E-state index in [1.165, 1.54) is 5.01 Å². The molecular weight excluding hydrogens is 396 g/mol. The van der Waals surface area contributed by atoms with Gasteiger partial charge in [-0.3, -0.25) is 9.69 Å². The molecule has 0 saturated carbocycles. The third-order valence-electron chi connectivity index (χ3n) is 4.87. The molecule has 0 heterocycles. The maximum Gasteiger partial charge on any atom is 0.257 e. The largest absolute Gasteiger partial charge is 0.497 e. The van der Waals surface area contributed by atoms with Crippen LogP contribution in [0.4, 0.5) is 11.4 Å². The summed E-state index contributed by atoms with van der Waals surface area (Å²) in [5, 5.41) is 7.25. The number of ether oxygens (including phenoxy) is 2. The Morgan fingerprint density at radius 2 is 1.45 bits per heavy atom. The molecule has 2 aromatic carbocycles. The Morgan fingerprint density at radius 1 is 0.935 bits per heavy atom. The van der Waals surface area contributed by atoms with Crippen LogP contribution in [0, 0.1) is 4.91 Å². The average molecular weight is 429 g/mol. The Morgan fingerprint density at radius 3 is 1.90 bits per heavy atom. The number of rotatable bonds is 12. The average Bonchev–Trinajstić information content (AvgIpc) is 2.76. The first-order chi connectivity index (χ1) is 14.8. The number of carbonyl (C=O) groups excluding carboxylic acids is 1. The van der Waals surface area contributed by atoms with Crippen LogP contribution in [0.1, 0.15) is 27.7 Å². The first-order valence-corrected chi connectivity index (χ1v) is 10.4. The highest BCUT2D eigenvalue weighted by molar-refractivity contribution is 5.77. The molecule has 31 heavy (non-hydrogen) atoms. The van der Waals surface area contributed by atoms with Crippen molar-refractivity contribution in [1.29, 1.82) is 0 Å². The van der Waals surface area contributed by atoms with E-state index in [-0.39, 0.29) is 12.5 Å². The lowest BCUT2D eigenvalue weighted by Gasteiger charge is -2.30. The molecule has 1 N–H and O–H groups in total. The summed E-state index contributed by atoms with van der Waals surface area (Å²) < 4.78 is 10.7. The molecule has 0 radical (unpaired) electrons. The zero-order chi connectivity index (χ0) is 22.8. The molecule has 0 fully saturated rings. The number of nitrogens with one attached hydrogen (secondary N) is 1. The van der Waals surface area contributed by atoms with Gasteiger partial charge in [0.2, 0.25) is 0 Å². The predicted molar refractivity (Wildman–Crippen MR) is 123 cm³/mol. The number of carbonyl (C=O) groups is 1. The Hall–Kier alpha value is -3.13. The quantitative estimate of drug-likeness (QED) is 0.404. The fourth-order valence-electron chi connectivity index (χ4n) is 3.29. The van der Waals surface area contributed by atoms with Crippen molar-refractivity contribution < 1.29 is 14.3 Å². The minimum absolute atomic E-state index is 0.0726. The van der Waals surface area contributed by atoms with E-state index >= 15 is 0 Å². The second-order valence-corrected chi connectivity index (χ2v) is 7.65. The standard InChI is InChI=1S/C23H32N4O4/c1-17(2)26(18(3)4)15-14-24-23(28)16-31-22-12-8-20(9-13-22)27(25-29)19-6-10-21(30-5)11-7-19/h6-13,17-18H,14-16H2,1-5H3,(H,24,28). The van der Waals surface area contributed by atoms with E-state index in [1.807, 2.05) is 0 Å². The number of nitrogens with zero attached hydrogens (tertiary/aromatic N) is 3. The molecule has 8 heteroatoms. The molecule has 0 spiro atoms. The van der Waals surface area contributed by atoms with E-state index < -0.39 is 0 Å². The number of amides is 1. The fourth-order valence-corrected chi connectivity index (χ4v) is 3.29. The van der Waals surface area contributed by atoms with Crippen molar-refractivity contribution >= 4 is 17.3 Å². The molecule has 1 amide bonds. The molecule has 0 aromatic heterocycles. The van der Waals surface area contributed by atoms with E-state index in [1.54, 1.807) is 55.6 Å². The van der Waals surface area contributed by atoms with Gasteiger partial charge in [-0.05, 0) is 76.2 Å². The van der Waals surface area contributed by atoms with E-state index in [9.17, 15) is 9.70 Å². The zero-order valence-electron chi connectivity index (χ0n) is 18.9. The zero-order valence-corrected chi connectivity index (χ0v) is 18.9. The van der Waals surface area contributed by atoms with Gasteiger partial charge in [0.15, 0.2) is 6.61 Å². The number of nitroso groups, excluding NO2 is 1. The molecule has 0 unspecified atom stereocenters. The van der Waals surface area contributed by atoms with Crippen LogP contribution in [0.5, 0.6) is 11.5 Å². The normalized spacial score (nSPS) is 11.0. The number of anilines is 2. The lowest BCUT2D eigenvalue weighted by atomic mass is 10.2. The van der Waals surface area contributed by atoms with Gasteiger partial charge in [-0.2, -0.15) is 5.01 Å². The van der Waals surface area contributed by atoms with Gasteiger partial charge in [0.25, 0.3) is 5.91 Å². The second-order valence-electron chi connectivity index (χ2n) is 7.65. The summed E-state index contributed by atoms with van der Waals surface area (Å²) >= 11 is 0. The van der Waals surface area contributed by atoms with Gasteiger partial charge >= 0.3 is 0 Å². The monoisotopic (exact) mass is 428 g/mol. The van der Waals surface area contributed by atoms with Gasteiger partial charge in [0, 0.05) is 25.2 Å². The van der Waals surface area contributed by atoms with Crippen LogP contribution in [-0.2, 0) is 4.79 Å². The van der Waals surface area contributed by atoms with E-state index in [4.69, 9.17) is 9.47 Å². The van der Waals surface area contributed by atoms with Crippen molar-refractivity contribution in [2.75, 3.05) is 31.8 Å². The summed E-state index contributed by atoms with van der Waals surface area (Å²) in [7, 11) is 1.58. The van der Waals surface area contributed by atoms with Crippen LogP contribution in [0.25, 0.3) is 0 Å². The Kier molecular flexibility index (Phi) is 9.27. The summed E-state index contributed by atoms with van der Waals surface area (Å²) in [6.45, 7) is 9.86. The van der Waals surface area contributed by atoms with Crippen LogP contribution in [0.3, 0.4) is 0 Å². The van der Waals surface area contributed by atoms with Gasteiger partial charge < -0.3 is 14.8 Å². The van der Waals surface area contributed by atoms with Crippen molar-refractivity contribution in [3.63, 3.8) is 0 Å². The number of hydrogen-bond donors (Lipinski definition) is 1. The molecule has 0 saturated heterocycles. The molecule has 2 rings (SSSR count). The molecular formula is C23H32N4O4.